The minimum Gasteiger partial charge on any atom is -0.477 e. The topological polar surface area (TPSA) is 87.7 Å². The predicted octanol–water partition coefficient (Wildman–Crippen LogP) is 1.15. The Balaban J connectivity index is 3.14. The first-order chi connectivity index (χ1) is 8.41. The van der Waals surface area contributed by atoms with Crippen molar-refractivity contribution in [3.8, 4) is 0 Å². The molecule has 1 aliphatic heterocycles. The second kappa shape index (κ2) is 6.54. The predicted molar refractivity (Wildman–Crippen MR) is 72.7 cm³/mol. The van der Waals surface area contributed by atoms with Crippen molar-refractivity contribution < 1.29 is 9.90 Å². The summed E-state index contributed by atoms with van der Waals surface area (Å²) in [4.78, 5) is 15.6. The molecule has 1 rings (SSSR count). The molecule has 0 radical (unpaired) electrons. The van der Waals surface area contributed by atoms with Crippen molar-refractivity contribution in [3.63, 3.8) is 0 Å². The van der Waals surface area contributed by atoms with Gasteiger partial charge in [-0.05, 0) is 39.2 Å². The largest absolute Gasteiger partial charge is 0.477 e. The van der Waals surface area contributed by atoms with Crippen LogP contribution in [0.25, 0.3) is 0 Å². The Morgan fingerprint density at radius 3 is 2.78 bits per heavy atom. The number of nitrogens with two attached hydrogens (primary N) is 1. The van der Waals surface area contributed by atoms with Gasteiger partial charge in [0.25, 0.3) is 0 Å². The minimum absolute atomic E-state index is 0.0870. The summed E-state index contributed by atoms with van der Waals surface area (Å²) in [6, 6.07) is 0.142. The number of hydrogen-bond acceptors (Lipinski definition) is 4. The highest BCUT2D eigenvalue weighted by atomic mass is 16.4. The summed E-state index contributed by atoms with van der Waals surface area (Å²) in [5.41, 5.74) is 7.07. The standard InChI is InChI=1S/C13H23N3O2/c1-8(2)16-11-6-9(3)4-5-15-7-10(11)12(14)13(17)18/h8-9,15H,4-7,14H2,1-3H3,(H,17,18)/b12-10-,16-11?. The van der Waals surface area contributed by atoms with E-state index in [1.165, 1.54) is 0 Å². The lowest BCUT2D eigenvalue weighted by atomic mass is 9.93. The highest BCUT2D eigenvalue weighted by molar-refractivity contribution is 6.06. The highest BCUT2D eigenvalue weighted by Crippen LogP contribution is 2.17. The molecule has 1 saturated heterocycles. The second-order valence-corrected chi connectivity index (χ2v) is 5.14. The van der Waals surface area contributed by atoms with Gasteiger partial charge in [0.1, 0.15) is 5.70 Å². The van der Waals surface area contributed by atoms with Gasteiger partial charge in [0.15, 0.2) is 0 Å². The molecule has 0 spiro atoms. The van der Waals surface area contributed by atoms with E-state index in [2.05, 4.69) is 17.2 Å². The molecule has 102 valence electrons. The lowest BCUT2D eigenvalue weighted by Crippen LogP contribution is -2.32. The van der Waals surface area contributed by atoms with Crippen LogP contribution >= 0.6 is 0 Å². The number of carboxylic acids is 1. The van der Waals surface area contributed by atoms with E-state index in [1.54, 1.807) is 0 Å². The second-order valence-electron chi connectivity index (χ2n) is 5.14. The highest BCUT2D eigenvalue weighted by Gasteiger charge is 2.20. The SMILES string of the molecule is CC1CCNC/C(=C(/N)C(=O)O)C(=NC(C)C)C1. The van der Waals surface area contributed by atoms with Crippen molar-refractivity contribution in [2.24, 2.45) is 16.6 Å². The minimum atomic E-state index is -1.07. The van der Waals surface area contributed by atoms with Crippen molar-refractivity contribution in [1.29, 1.82) is 0 Å². The van der Waals surface area contributed by atoms with Gasteiger partial charge in [-0.2, -0.15) is 0 Å². The van der Waals surface area contributed by atoms with Crippen LogP contribution in [0.5, 0.6) is 0 Å². The molecule has 1 atom stereocenters. The van der Waals surface area contributed by atoms with Gasteiger partial charge in [0.05, 0.1) is 0 Å². The number of nitrogens with one attached hydrogen (secondary N) is 1. The molecule has 1 heterocycles. The molecular weight excluding hydrogens is 230 g/mol. The summed E-state index contributed by atoms with van der Waals surface area (Å²) < 4.78 is 0. The molecule has 0 aliphatic carbocycles. The quantitative estimate of drug-likeness (QED) is 0.644. The van der Waals surface area contributed by atoms with Crippen LogP contribution in [0.2, 0.25) is 0 Å². The number of rotatable bonds is 2. The molecular formula is C13H23N3O2. The fraction of sp³-hybridized carbons (Fsp3) is 0.692. The van der Waals surface area contributed by atoms with Gasteiger partial charge in [-0.15, -0.1) is 0 Å². The van der Waals surface area contributed by atoms with Gasteiger partial charge in [0.2, 0.25) is 0 Å². The van der Waals surface area contributed by atoms with E-state index >= 15 is 0 Å². The molecule has 0 amide bonds. The van der Waals surface area contributed by atoms with Crippen LogP contribution in [0.1, 0.15) is 33.6 Å². The summed E-state index contributed by atoms with van der Waals surface area (Å²) in [7, 11) is 0. The molecule has 0 saturated carbocycles. The van der Waals surface area contributed by atoms with E-state index in [0.29, 0.717) is 18.0 Å². The summed E-state index contributed by atoms with van der Waals surface area (Å²) in [5, 5.41) is 12.3. The molecule has 4 N–H and O–H groups in total. The number of carbonyl (C=O) groups is 1. The molecule has 5 nitrogen and oxygen atoms in total. The Hall–Kier alpha value is -1.36. The fourth-order valence-corrected chi connectivity index (χ4v) is 2.04. The molecule has 0 aromatic rings. The molecule has 1 aliphatic rings. The van der Waals surface area contributed by atoms with Gasteiger partial charge in [-0.3, -0.25) is 4.99 Å². The molecule has 5 heteroatoms. The third-order valence-corrected chi connectivity index (χ3v) is 2.98. The van der Waals surface area contributed by atoms with E-state index in [4.69, 9.17) is 10.8 Å². The van der Waals surface area contributed by atoms with Crippen LogP contribution in [-0.2, 0) is 4.79 Å². The normalized spacial score (nSPS) is 26.9. The summed E-state index contributed by atoms with van der Waals surface area (Å²) in [5.74, 6) is -0.594. The number of carboxylic acid groups (broad SMARTS) is 1. The summed E-state index contributed by atoms with van der Waals surface area (Å²) >= 11 is 0. The van der Waals surface area contributed by atoms with Gasteiger partial charge in [-0.1, -0.05) is 6.92 Å². The van der Waals surface area contributed by atoms with Crippen LogP contribution in [0.3, 0.4) is 0 Å². The molecule has 0 aromatic carbocycles. The van der Waals surface area contributed by atoms with E-state index < -0.39 is 5.97 Å². The first-order valence-corrected chi connectivity index (χ1v) is 6.41. The average molecular weight is 253 g/mol. The van der Waals surface area contributed by atoms with Gasteiger partial charge in [0, 0.05) is 23.9 Å². The van der Waals surface area contributed by atoms with Gasteiger partial charge < -0.3 is 16.2 Å². The molecule has 0 bridgehead atoms. The van der Waals surface area contributed by atoms with Crippen LogP contribution in [0.15, 0.2) is 16.3 Å². The van der Waals surface area contributed by atoms with E-state index in [1.807, 2.05) is 13.8 Å². The number of hydrogen-bond donors (Lipinski definition) is 3. The zero-order chi connectivity index (χ0) is 13.7. The maximum Gasteiger partial charge on any atom is 0.352 e. The Labute approximate surface area is 108 Å². The van der Waals surface area contributed by atoms with Crippen molar-refractivity contribution in [3.05, 3.63) is 11.3 Å². The zero-order valence-corrected chi connectivity index (χ0v) is 11.4. The summed E-state index contributed by atoms with van der Waals surface area (Å²) in [6.45, 7) is 7.48. The van der Waals surface area contributed by atoms with Crippen LogP contribution in [0, 0.1) is 5.92 Å². The summed E-state index contributed by atoms with van der Waals surface area (Å²) in [6.07, 6.45) is 1.86. The first kappa shape index (κ1) is 14.7. The molecule has 1 unspecified atom stereocenters. The Morgan fingerprint density at radius 1 is 1.56 bits per heavy atom. The van der Waals surface area contributed by atoms with E-state index in [-0.39, 0.29) is 11.7 Å². The fourth-order valence-electron chi connectivity index (χ4n) is 2.04. The monoisotopic (exact) mass is 253 g/mol. The van der Waals surface area contributed by atoms with Crippen molar-refractivity contribution >= 4 is 11.7 Å². The van der Waals surface area contributed by atoms with Crippen LogP contribution in [0.4, 0.5) is 0 Å². The van der Waals surface area contributed by atoms with Crippen LogP contribution in [-0.4, -0.2) is 35.9 Å². The van der Waals surface area contributed by atoms with Crippen LogP contribution < -0.4 is 11.1 Å². The third-order valence-electron chi connectivity index (χ3n) is 2.98. The number of aliphatic carboxylic acids is 1. The Bertz CT molecular complexity index is 372. The Kier molecular flexibility index (Phi) is 5.34. The molecule has 0 aromatic heterocycles. The number of nitrogens with zero attached hydrogens (tertiary/aromatic N) is 1. The average Bonchev–Trinajstić information content (AvgIpc) is 2.24. The maximum absolute atomic E-state index is 11.0. The zero-order valence-electron chi connectivity index (χ0n) is 11.4. The van der Waals surface area contributed by atoms with E-state index in [0.717, 1.165) is 25.1 Å². The van der Waals surface area contributed by atoms with Gasteiger partial charge in [-0.25, -0.2) is 4.79 Å². The molecule has 1 fully saturated rings. The maximum atomic E-state index is 11.0. The van der Waals surface area contributed by atoms with Gasteiger partial charge >= 0.3 is 5.97 Å². The third kappa shape index (κ3) is 4.14. The smallest absolute Gasteiger partial charge is 0.352 e. The van der Waals surface area contributed by atoms with Crippen molar-refractivity contribution in [1.82, 2.24) is 5.32 Å². The molecule has 18 heavy (non-hydrogen) atoms. The van der Waals surface area contributed by atoms with E-state index in [9.17, 15) is 4.79 Å². The lowest BCUT2D eigenvalue weighted by molar-refractivity contribution is -0.132. The number of aliphatic imine (C=N–C) groups is 1. The lowest BCUT2D eigenvalue weighted by Gasteiger charge is -2.22. The van der Waals surface area contributed by atoms with Crippen molar-refractivity contribution in [2.75, 3.05) is 13.1 Å². The van der Waals surface area contributed by atoms with Crippen molar-refractivity contribution in [2.45, 2.75) is 39.7 Å². The Morgan fingerprint density at radius 2 is 2.22 bits per heavy atom. The first-order valence-electron chi connectivity index (χ1n) is 6.41.